The van der Waals surface area contributed by atoms with E-state index in [1.807, 2.05) is 14.2 Å². The molecule has 2 N–H and O–H groups in total. The zero-order valence-corrected chi connectivity index (χ0v) is 16.6. The average Bonchev–Trinajstić information content (AvgIpc) is 3.13. The van der Waals surface area contributed by atoms with Gasteiger partial charge in [-0.2, -0.15) is 0 Å². The highest BCUT2D eigenvalue weighted by atomic mass is 28.4. The van der Waals surface area contributed by atoms with E-state index >= 15 is 0 Å². The Balaban J connectivity index is 0.000000251. The Kier molecular flexibility index (Phi) is 8.04. The molecule has 0 aromatic rings. The first-order valence-corrected chi connectivity index (χ1v) is 10.8. The molecule has 1 fully saturated rings. The van der Waals surface area contributed by atoms with Crippen molar-refractivity contribution in [1.29, 1.82) is 0 Å². The highest BCUT2D eigenvalue weighted by Gasteiger charge is 2.43. The van der Waals surface area contributed by atoms with Gasteiger partial charge in [-0.3, -0.25) is 4.79 Å². The molecule has 1 saturated carbocycles. The summed E-state index contributed by atoms with van der Waals surface area (Å²) >= 11 is 0. The van der Waals surface area contributed by atoms with Gasteiger partial charge in [0.25, 0.3) is 0 Å². The van der Waals surface area contributed by atoms with Gasteiger partial charge in [0.2, 0.25) is 0 Å². The van der Waals surface area contributed by atoms with Crippen LogP contribution in [0.25, 0.3) is 0 Å². The third-order valence-electron chi connectivity index (χ3n) is 5.24. The monoisotopic (exact) mass is 370 g/mol. The van der Waals surface area contributed by atoms with Crippen molar-refractivity contribution in [3.8, 4) is 0 Å². The molecule has 25 heavy (non-hydrogen) atoms. The van der Waals surface area contributed by atoms with Crippen molar-refractivity contribution in [3.63, 3.8) is 0 Å². The Bertz CT molecular complexity index is 523. The molecule has 0 aromatic carbocycles. The van der Waals surface area contributed by atoms with Crippen LogP contribution >= 0.6 is 0 Å². The van der Waals surface area contributed by atoms with E-state index in [-0.39, 0.29) is 12.0 Å². The minimum atomic E-state index is -1.78. The van der Waals surface area contributed by atoms with E-state index < -0.39 is 25.9 Å². The van der Waals surface area contributed by atoms with E-state index in [9.17, 15) is 9.59 Å². The van der Waals surface area contributed by atoms with Crippen LogP contribution in [0.5, 0.6) is 0 Å². The molecule has 0 bridgehead atoms. The van der Waals surface area contributed by atoms with Crippen LogP contribution in [-0.4, -0.2) is 44.9 Å². The van der Waals surface area contributed by atoms with Gasteiger partial charge in [-0.25, -0.2) is 4.79 Å². The lowest BCUT2D eigenvalue weighted by molar-refractivity contribution is -0.145. The molecule has 2 rings (SSSR count). The number of carboxylic acids is 2. The number of carboxylic acid groups (broad SMARTS) is 2. The SMILES string of the molecule is CC1(C(=O)O)C=CC=C(C(=O)O)C1.CC[Si](OC)(OC)C1CCCC1. The molecule has 0 heterocycles. The predicted molar refractivity (Wildman–Crippen MR) is 97.7 cm³/mol. The molecule has 2 aliphatic rings. The summed E-state index contributed by atoms with van der Waals surface area (Å²) in [4.78, 5) is 21.3. The van der Waals surface area contributed by atoms with Crippen molar-refractivity contribution in [3.05, 3.63) is 23.8 Å². The zero-order valence-electron chi connectivity index (χ0n) is 15.6. The predicted octanol–water partition coefficient (Wildman–Crippen LogP) is 3.73. The highest BCUT2D eigenvalue weighted by Crippen LogP contribution is 2.40. The summed E-state index contributed by atoms with van der Waals surface area (Å²) in [5.41, 5.74) is -0.201. The summed E-state index contributed by atoms with van der Waals surface area (Å²) in [5.74, 6) is -2.06. The molecule has 0 radical (unpaired) electrons. The summed E-state index contributed by atoms with van der Waals surface area (Å²) in [6, 6.07) is 1.09. The Labute approximate surface area is 150 Å². The molecule has 0 aliphatic heterocycles. The molecule has 1 atom stereocenters. The second kappa shape index (κ2) is 9.31. The average molecular weight is 371 g/mol. The molecule has 7 heteroatoms. The molecule has 142 valence electrons. The summed E-state index contributed by atoms with van der Waals surface area (Å²) in [5, 5.41) is 17.5. The van der Waals surface area contributed by atoms with Gasteiger partial charge in [0.1, 0.15) is 0 Å². The molecule has 0 amide bonds. The summed E-state index contributed by atoms with van der Waals surface area (Å²) < 4.78 is 11.3. The van der Waals surface area contributed by atoms with Crippen LogP contribution in [0.15, 0.2) is 23.8 Å². The summed E-state index contributed by atoms with van der Waals surface area (Å²) in [6.07, 6.45) is 9.81. The Morgan fingerprint density at radius 3 is 2.20 bits per heavy atom. The standard InChI is InChI=1S/C9H10O4.C9H20O2Si/c1-9(8(12)13)4-2-3-6(5-9)7(10)11;1-4-12(10-2,11-3)9-7-5-6-8-9/h2-4H,5H2,1H3,(H,10,11)(H,12,13);9H,4-8H2,1-3H3. The van der Waals surface area contributed by atoms with Crippen LogP contribution in [0, 0.1) is 5.41 Å². The molecular formula is C18H30O6Si. The Hall–Kier alpha value is -1.44. The lowest BCUT2D eigenvalue weighted by atomic mass is 9.80. The van der Waals surface area contributed by atoms with Gasteiger partial charge >= 0.3 is 20.5 Å². The van der Waals surface area contributed by atoms with Crippen LogP contribution < -0.4 is 0 Å². The van der Waals surface area contributed by atoms with Crippen LogP contribution in [0.4, 0.5) is 0 Å². The fourth-order valence-electron chi connectivity index (χ4n) is 3.54. The smallest absolute Gasteiger partial charge is 0.340 e. The van der Waals surface area contributed by atoms with Crippen molar-refractivity contribution >= 4 is 20.5 Å². The van der Waals surface area contributed by atoms with Gasteiger partial charge < -0.3 is 19.1 Å². The van der Waals surface area contributed by atoms with Crippen molar-refractivity contribution in [1.82, 2.24) is 0 Å². The number of rotatable bonds is 6. The molecule has 0 saturated heterocycles. The highest BCUT2D eigenvalue weighted by molar-refractivity contribution is 6.68. The van der Waals surface area contributed by atoms with Gasteiger partial charge in [-0.15, -0.1) is 0 Å². The third-order valence-corrected chi connectivity index (χ3v) is 9.43. The molecule has 1 unspecified atom stereocenters. The number of hydrogen-bond donors (Lipinski definition) is 2. The van der Waals surface area contributed by atoms with E-state index in [2.05, 4.69) is 6.92 Å². The number of hydrogen-bond acceptors (Lipinski definition) is 4. The quantitative estimate of drug-likeness (QED) is 0.692. The summed E-state index contributed by atoms with van der Waals surface area (Å²) in [7, 11) is 1.85. The van der Waals surface area contributed by atoms with Gasteiger partial charge in [-0.05, 0) is 32.2 Å². The number of allylic oxidation sites excluding steroid dienone is 2. The minimum absolute atomic E-state index is 0.0359. The maximum Gasteiger partial charge on any atom is 0.340 e. The molecule has 2 aliphatic carbocycles. The maximum absolute atomic E-state index is 10.8. The van der Waals surface area contributed by atoms with Gasteiger partial charge in [0.15, 0.2) is 0 Å². The largest absolute Gasteiger partial charge is 0.481 e. The molecule has 6 nitrogen and oxygen atoms in total. The molecular weight excluding hydrogens is 340 g/mol. The lowest BCUT2D eigenvalue weighted by Gasteiger charge is -2.31. The minimum Gasteiger partial charge on any atom is -0.481 e. The Morgan fingerprint density at radius 1 is 1.24 bits per heavy atom. The van der Waals surface area contributed by atoms with E-state index in [1.54, 1.807) is 0 Å². The topological polar surface area (TPSA) is 93.1 Å². The normalized spacial score (nSPS) is 23.6. The van der Waals surface area contributed by atoms with Crippen LogP contribution in [0.3, 0.4) is 0 Å². The van der Waals surface area contributed by atoms with Crippen molar-refractivity contribution in [2.75, 3.05) is 14.2 Å². The number of aliphatic carboxylic acids is 2. The first-order chi connectivity index (χ1) is 11.7. The molecule has 0 spiro atoms. The fraction of sp³-hybridized carbons (Fsp3) is 0.667. The lowest BCUT2D eigenvalue weighted by Crippen LogP contribution is -2.43. The van der Waals surface area contributed by atoms with Crippen molar-refractivity contribution in [2.24, 2.45) is 5.41 Å². The van der Waals surface area contributed by atoms with Crippen molar-refractivity contribution < 1.29 is 28.7 Å². The molecule has 0 aromatic heterocycles. The van der Waals surface area contributed by atoms with Crippen molar-refractivity contribution in [2.45, 2.75) is 57.5 Å². The van der Waals surface area contributed by atoms with E-state index in [4.69, 9.17) is 19.1 Å². The van der Waals surface area contributed by atoms with E-state index in [0.29, 0.717) is 0 Å². The van der Waals surface area contributed by atoms with Gasteiger partial charge in [0.05, 0.1) is 5.41 Å². The number of carbonyl (C=O) groups is 2. The second-order valence-corrected chi connectivity index (χ2v) is 10.8. The zero-order chi connectivity index (χ0) is 19.1. The first-order valence-electron chi connectivity index (χ1n) is 8.70. The van der Waals surface area contributed by atoms with Crippen LogP contribution in [0.2, 0.25) is 11.6 Å². The fourth-order valence-corrected chi connectivity index (χ4v) is 6.82. The van der Waals surface area contributed by atoms with Gasteiger partial charge in [0, 0.05) is 25.3 Å². The maximum atomic E-state index is 10.8. The summed E-state index contributed by atoms with van der Waals surface area (Å²) in [6.45, 7) is 3.69. The van der Waals surface area contributed by atoms with Gasteiger partial charge in [-0.1, -0.05) is 38.0 Å². The second-order valence-electron chi connectivity index (χ2n) is 6.81. The van der Waals surface area contributed by atoms with Crippen LogP contribution in [0.1, 0.15) is 46.0 Å². The van der Waals surface area contributed by atoms with E-state index in [1.165, 1.54) is 50.8 Å². The van der Waals surface area contributed by atoms with Crippen LogP contribution in [-0.2, 0) is 18.4 Å². The Morgan fingerprint density at radius 2 is 1.80 bits per heavy atom. The third kappa shape index (κ3) is 5.26. The van der Waals surface area contributed by atoms with E-state index in [0.717, 1.165) is 11.6 Å². The first kappa shape index (κ1) is 21.6.